The molecule has 1 amide bonds. The van der Waals surface area contributed by atoms with Crippen LogP contribution in [0, 0.1) is 0 Å². The Bertz CT molecular complexity index is 1710. The van der Waals surface area contributed by atoms with Crippen molar-refractivity contribution in [3.05, 3.63) is 77.5 Å². The van der Waals surface area contributed by atoms with E-state index in [1.54, 1.807) is 32.4 Å². The molecule has 9 heteroatoms. The highest BCUT2D eigenvalue weighted by Gasteiger charge is 2.31. The Morgan fingerprint density at radius 3 is 2.38 bits per heavy atom. The van der Waals surface area contributed by atoms with Crippen LogP contribution in [0.2, 0.25) is 0 Å². The molecule has 2 aliphatic heterocycles. The zero-order chi connectivity index (χ0) is 31.8. The van der Waals surface area contributed by atoms with Crippen LogP contribution in [0.1, 0.15) is 61.6 Å². The van der Waals surface area contributed by atoms with Gasteiger partial charge in [-0.05, 0) is 65.8 Å². The fourth-order valence-electron chi connectivity index (χ4n) is 7.15. The van der Waals surface area contributed by atoms with Crippen LogP contribution in [0.5, 0.6) is 5.75 Å². The number of nitrogens with zero attached hydrogens (tertiary/aromatic N) is 4. The highest BCUT2D eigenvalue weighted by molar-refractivity contribution is 7.80. The Hall–Kier alpha value is -3.82. The molecule has 0 bridgehead atoms. The number of carbonyl (C=O) groups excluding carboxylic acids is 1. The average molecular weight is 628 g/mol. The summed E-state index contributed by atoms with van der Waals surface area (Å²) in [5.41, 5.74) is 9.83. The van der Waals surface area contributed by atoms with E-state index in [2.05, 4.69) is 69.8 Å². The molecule has 1 saturated heterocycles. The van der Waals surface area contributed by atoms with Crippen molar-refractivity contribution in [2.45, 2.75) is 51.5 Å². The minimum atomic E-state index is -1.38. The molecule has 1 unspecified atom stereocenters. The van der Waals surface area contributed by atoms with Gasteiger partial charge in [0.15, 0.2) is 11.2 Å². The van der Waals surface area contributed by atoms with Gasteiger partial charge in [-0.15, -0.1) is 0 Å². The van der Waals surface area contributed by atoms with Gasteiger partial charge in [0.1, 0.15) is 5.75 Å². The molecule has 2 fully saturated rings. The molecule has 2 aromatic carbocycles. The van der Waals surface area contributed by atoms with Gasteiger partial charge in [0, 0.05) is 80.6 Å². The lowest BCUT2D eigenvalue weighted by Gasteiger charge is -2.37. The zero-order valence-electron chi connectivity index (χ0n) is 27.0. The van der Waals surface area contributed by atoms with Gasteiger partial charge in [-0.1, -0.05) is 44.6 Å². The third kappa shape index (κ3) is 6.08. The summed E-state index contributed by atoms with van der Waals surface area (Å²) in [4.78, 5) is 16.2. The maximum atomic E-state index is 12.6. The first-order valence-corrected chi connectivity index (χ1v) is 17.1. The van der Waals surface area contributed by atoms with Crippen molar-refractivity contribution < 1.29 is 13.7 Å². The standard InChI is InChI=1S/C36H45N5O3S/c1-24(37-45(43)38(4)5)28-12-14-33-34(22-28)41-23-30(25(2)39-16-18-40(19-17-39)26(3)42)20-29-21-31(44-6)13-15-32(29)36(41)35(33)27-10-8-7-9-11-27/h12-15,20-22,27,37H,1-2,7-11,16-19,23H2,3-6H3. The van der Waals surface area contributed by atoms with Gasteiger partial charge in [-0.25, -0.2) is 8.51 Å². The molecule has 1 aliphatic carbocycles. The Labute approximate surface area is 269 Å². The fourth-order valence-corrected chi connectivity index (χ4v) is 7.67. The highest BCUT2D eigenvalue weighted by atomic mass is 32.2. The second-order valence-electron chi connectivity index (χ2n) is 12.6. The number of carbonyl (C=O) groups is 1. The van der Waals surface area contributed by atoms with E-state index < -0.39 is 11.2 Å². The third-order valence-electron chi connectivity index (χ3n) is 9.66. The summed E-state index contributed by atoms with van der Waals surface area (Å²) >= 11 is -1.38. The van der Waals surface area contributed by atoms with Crippen LogP contribution in [-0.2, 0) is 22.5 Å². The Kier molecular flexibility index (Phi) is 8.93. The first-order valence-electron chi connectivity index (χ1n) is 16.0. The van der Waals surface area contributed by atoms with Crippen LogP contribution in [0.3, 0.4) is 0 Å². The average Bonchev–Trinajstić information content (AvgIpc) is 3.26. The van der Waals surface area contributed by atoms with Gasteiger partial charge in [-0.2, -0.15) is 0 Å². The number of ether oxygens (including phenoxy) is 1. The lowest BCUT2D eigenvalue weighted by molar-refractivity contribution is -0.130. The number of hydrogen-bond donors (Lipinski definition) is 1. The third-order valence-corrected chi connectivity index (χ3v) is 10.7. The van der Waals surface area contributed by atoms with Crippen molar-refractivity contribution >= 4 is 39.8 Å². The topological polar surface area (TPSA) is 70.1 Å². The molecule has 1 aromatic heterocycles. The summed E-state index contributed by atoms with van der Waals surface area (Å²) < 4.78 is 25.4. The summed E-state index contributed by atoms with van der Waals surface area (Å²) in [5, 5.41) is 1.27. The largest absolute Gasteiger partial charge is 0.497 e. The number of piperazine rings is 1. The summed E-state index contributed by atoms with van der Waals surface area (Å²) in [6.07, 6.45) is 8.43. The molecule has 8 nitrogen and oxygen atoms in total. The van der Waals surface area contributed by atoms with Crippen LogP contribution in [0.15, 0.2) is 60.8 Å². The van der Waals surface area contributed by atoms with Gasteiger partial charge in [-0.3, -0.25) is 9.52 Å². The molecule has 45 heavy (non-hydrogen) atoms. The molecule has 3 heterocycles. The minimum Gasteiger partial charge on any atom is -0.497 e. The molecule has 3 aliphatic rings. The molecule has 3 aromatic rings. The number of nitrogens with one attached hydrogen (secondary N) is 1. The Morgan fingerprint density at radius 1 is 1.00 bits per heavy atom. The quantitative estimate of drug-likeness (QED) is 0.326. The number of fused-ring (bicyclic) bond motifs is 5. The normalized spacial score (nSPS) is 17.8. The molecule has 0 spiro atoms. The van der Waals surface area contributed by atoms with E-state index in [1.807, 2.05) is 4.90 Å². The molecule has 1 N–H and O–H groups in total. The molecule has 6 rings (SSSR count). The fraction of sp³-hybridized carbons (Fsp3) is 0.417. The van der Waals surface area contributed by atoms with Gasteiger partial charge in [0.2, 0.25) is 5.91 Å². The predicted molar refractivity (Wildman–Crippen MR) is 185 cm³/mol. The number of methoxy groups -OCH3 is 1. The lowest BCUT2D eigenvalue weighted by atomic mass is 9.81. The Morgan fingerprint density at radius 2 is 1.71 bits per heavy atom. The lowest BCUT2D eigenvalue weighted by Crippen LogP contribution is -2.47. The predicted octanol–water partition coefficient (Wildman–Crippen LogP) is 6.14. The van der Waals surface area contributed by atoms with Gasteiger partial charge in [0.05, 0.1) is 19.3 Å². The number of hydrogen-bond acceptors (Lipinski definition) is 4. The zero-order valence-corrected chi connectivity index (χ0v) is 27.8. The van der Waals surface area contributed by atoms with Crippen LogP contribution in [0.25, 0.3) is 33.9 Å². The SMILES string of the molecule is C=C(NS(=O)N(C)C)c1ccc2c(C3CCCCC3)c3n(c2c1)CC(C(=C)N1CCN(C(C)=O)CC1)=Cc1cc(OC)ccc1-3. The van der Waals surface area contributed by atoms with Crippen molar-refractivity contribution in [3.8, 4) is 17.0 Å². The molecule has 1 saturated carbocycles. The van der Waals surface area contributed by atoms with Gasteiger partial charge < -0.3 is 19.1 Å². The van der Waals surface area contributed by atoms with Crippen molar-refractivity contribution in [1.29, 1.82) is 0 Å². The van der Waals surface area contributed by atoms with E-state index in [1.165, 1.54) is 54.3 Å². The Balaban J connectivity index is 1.51. The smallest absolute Gasteiger partial charge is 0.219 e. The van der Waals surface area contributed by atoms with E-state index in [4.69, 9.17) is 4.74 Å². The highest BCUT2D eigenvalue weighted by Crippen LogP contribution is 2.47. The molecule has 1 atom stereocenters. The second-order valence-corrected chi connectivity index (χ2v) is 14.1. The first kappa shape index (κ1) is 31.2. The number of benzene rings is 2. The van der Waals surface area contributed by atoms with Crippen LogP contribution in [0.4, 0.5) is 0 Å². The molecule has 238 valence electrons. The number of aromatic nitrogens is 1. The van der Waals surface area contributed by atoms with E-state index >= 15 is 0 Å². The van der Waals surface area contributed by atoms with E-state index in [-0.39, 0.29) is 5.91 Å². The van der Waals surface area contributed by atoms with Gasteiger partial charge >= 0.3 is 0 Å². The summed E-state index contributed by atoms with van der Waals surface area (Å²) in [5.74, 6) is 1.42. The minimum absolute atomic E-state index is 0.120. The monoisotopic (exact) mass is 627 g/mol. The van der Waals surface area contributed by atoms with Crippen molar-refractivity contribution in [2.24, 2.45) is 0 Å². The van der Waals surface area contributed by atoms with Crippen LogP contribution < -0.4 is 9.46 Å². The van der Waals surface area contributed by atoms with E-state index in [0.29, 0.717) is 31.2 Å². The summed E-state index contributed by atoms with van der Waals surface area (Å²) in [6.45, 7) is 14.1. The molecular weight excluding hydrogens is 582 g/mol. The van der Waals surface area contributed by atoms with E-state index in [0.717, 1.165) is 46.8 Å². The number of rotatable bonds is 8. The van der Waals surface area contributed by atoms with Crippen LogP contribution in [-0.4, -0.2) is 76.2 Å². The maximum Gasteiger partial charge on any atom is 0.219 e. The van der Waals surface area contributed by atoms with E-state index in [9.17, 15) is 9.00 Å². The summed E-state index contributed by atoms with van der Waals surface area (Å²) in [6, 6.07) is 13.0. The van der Waals surface area contributed by atoms with Crippen molar-refractivity contribution in [3.63, 3.8) is 0 Å². The van der Waals surface area contributed by atoms with Crippen molar-refractivity contribution in [1.82, 2.24) is 23.4 Å². The number of allylic oxidation sites excluding steroid dienone is 1. The first-order chi connectivity index (χ1) is 21.7. The molecule has 0 radical (unpaired) electrons. The van der Waals surface area contributed by atoms with Gasteiger partial charge in [0.25, 0.3) is 0 Å². The second kappa shape index (κ2) is 12.9. The summed E-state index contributed by atoms with van der Waals surface area (Å²) in [7, 11) is 5.26. The van der Waals surface area contributed by atoms with Crippen LogP contribution >= 0.6 is 0 Å². The number of amides is 1. The van der Waals surface area contributed by atoms with Crippen molar-refractivity contribution in [2.75, 3.05) is 47.4 Å². The molecular formula is C36H45N5O3S. The maximum absolute atomic E-state index is 12.6.